The lowest BCUT2D eigenvalue weighted by Crippen LogP contribution is -2.47. The summed E-state index contributed by atoms with van der Waals surface area (Å²) in [7, 11) is 0. The second-order valence-corrected chi connectivity index (χ2v) is 8.45. The van der Waals surface area contributed by atoms with Gasteiger partial charge in [0.25, 0.3) is 0 Å². The zero-order valence-electron chi connectivity index (χ0n) is 16.0. The number of rotatable bonds is 3. The maximum Gasteiger partial charge on any atom is 0.241 e. The lowest BCUT2D eigenvalue weighted by atomic mass is 10.0. The molecule has 0 atom stereocenters. The molecule has 0 unspecified atom stereocenters. The fourth-order valence-electron chi connectivity index (χ4n) is 4.13. The van der Waals surface area contributed by atoms with Crippen LogP contribution in [0, 0.1) is 12.8 Å². The Morgan fingerprint density at radius 2 is 1.82 bits per heavy atom. The van der Waals surface area contributed by atoms with Crippen LogP contribution in [0.4, 0.5) is 5.69 Å². The van der Waals surface area contributed by atoms with Gasteiger partial charge in [0, 0.05) is 19.5 Å². The van der Waals surface area contributed by atoms with Gasteiger partial charge in [0.15, 0.2) is 5.11 Å². The molecule has 4 rings (SSSR count). The van der Waals surface area contributed by atoms with Crippen LogP contribution in [-0.2, 0) is 17.6 Å². The van der Waals surface area contributed by atoms with Crippen LogP contribution in [0.3, 0.4) is 0 Å². The first-order chi connectivity index (χ1) is 13.5. The number of halogens is 1. The van der Waals surface area contributed by atoms with Gasteiger partial charge in [-0.05, 0) is 73.1 Å². The van der Waals surface area contributed by atoms with Crippen molar-refractivity contribution in [2.45, 2.75) is 32.6 Å². The Hall–Kier alpha value is -2.11. The number of hydrazine groups is 1. The van der Waals surface area contributed by atoms with E-state index in [-0.39, 0.29) is 5.91 Å². The van der Waals surface area contributed by atoms with Gasteiger partial charge >= 0.3 is 0 Å². The molecule has 1 N–H and O–H groups in total. The number of carbonyl (C=O) groups is 1. The summed E-state index contributed by atoms with van der Waals surface area (Å²) in [6.45, 7) is 3.45. The molecule has 6 heteroatoms. The molecule has 2 aromatic rings. The third kappa shape index (κ3) is 4.01. The summed E-state index contributed by atoms with van der Waals surface area (Å²) in [6, 6.07) is 14.3. The number of benzene rings is 2. The Kier molecular flexibility index (Phi) is 5.56. The first kappa shape index (κ1) is 19.2. The number of aryl methyl sites for hydroxylation is 1. The fourth-order valence-corrected chi connectivity index (χ4v) is 4.71. The maximum absolute atomic E-state index is 13.0. The predicted octanol–water partition coefficient (Wildman–Crippen LogP) is 4.60. The molecule has 0 radical (unpaired) electrons. The number of hydrogen-bond donors (Lipinski definition) is 1. The van der Waals surface area contributed by atoms with E-state index in [0.717, 1.165) is 37.1 Å². The number of nitrogens with one attached hydrogen (secondary N) is 1. The summed E-state index contributed by atoms with van der Waals surface area (Å²) >= 11 is 11.9. The van der Waals surface area contributed by atoms with Crippen LogP contribution in [0.15, 0.2) is 42.5 Å². The van der Waals surface area contributed by atoms with Gasteiger partial charge in [0.2, 0.25) is 5.91 Å². The minimum absolute atomic E-state index is 0.148. The van der Waals surface area contributed by atoms with Crippen LogP contribution < -0.4 is 5.32 Å². The summed E-state index contributed by atoms with van der Waals surface area (Å²) in [5, 5.41) is 8.04. The highest BCUT2D eigenvalue weighted by Gasteiger charge is 2.32. The highest BCUT2D eigenvalue weighted by atomic mass is 35.5. The van der Waals surface area contributed by atoms with E-state index in [1.807, 2.05) is 30.1 Å². The molecule has 1 aliphatic heterocycles. The molecular formula is C22H24ClN3OS. The van der Waals surface area contributed by atoms with Crippen molar-refractivity contribution in [2.75, 3.05) is 18.4 Å². The Morgan fingerprint density at radius 1 is 1.14 bits per heavy atom. The average molecular weight is 414 g/mol. The zero-order chi connectivity index (χ0) is 19.7. The number of hydrogen-bond acceptors (Lipinski definition) is 2. The smallest absolute Gasteiger partial charge is 0.241 e. The monoisotopic (exact) mass is 413 g/mol. The van der Waals surface area contributed by atoms with Gasteiger partial charge in [-0.25, -0.2) is 0 Å². The van der Waals surface area contributed by atoms with Crippen molar-refractivity contribution in [1.29, 1.82) is 0 Å². The van der Waals surface area contributed by atoms with Gasteiger partial charge in [-0.15, -0.1) is 0 Å². The molecule has 28 heavy (non-hydrogen) atoms. The van der Waals surface area contributed by atoms with Crippen molar-refractivity contribution in [1.82, 2.24) is 10.0 Å². The van der Waals surface area contributed by atoms with E-state index in [1.165, 1.54) is 11.1 Å². The quantitative estimate of drug-likeness (QED) is 0.746. The number of fused-ring (bicyclic) bond motifs is 1. The van der Waals surface area contributed by atoms with Crippen molar-refractivity contribution in [3.8, 4) is 0 Å². The third-order valence-electron chi connectivity index (χ3n) is 5.52. The predicted molar refractivity (Wildman–Crippen MR) is 117 cm³/mol. The summed E-state index contributed by atoms with van der Waals surface area (Å²) in [4.78, 5) is 13.0. The molecule has 1 fully saturated rings. The Bertz CT molecular complexity index is 891. The summed E-state index contributed by atoms with van der Waals surface area (Å²) in [5.41, 5.74) is 4.62. The summed E-state index contributed by atoms with van der Waals surface area (Å²) in [5.74, 6) is 0.523. The van der Waals surface area contributed by atoms with E-state index in [0.29, 0.717) is 29.0 Å². The van der Waals surface area contributed by atoms with Crippen LogP contribution in [0.25, 0.3) is 0 Å². The van der Waals surface area contributed by atoms with Crippen molar-refractivity contribution in [3.05, 3.63) is 64.2 Å². The van der Waals surface area contributed by atoms with E-state index >= 15 is 0 Å². The molecule has 1 heterocycles. The van der Waals surface area contributed by atoms with Crippen LogP contribution >= 0.6 is 23.8 Å². The molecular weight excluding hydrogens is 390 g/mol. The minimum atomic E-state index is 0.148. The molecule has 0 aromatic heterocycles. The van der Waals surface area contributed by atoms with Crippen LogP contribution in [-0.4, -0.2) is 34.1 Å². The second-order valence-electron chi connectivity index (χ2n) is 7.65. The molecule has 1 saturated heterocycles. The number of thiocarbonyl (C=S) groups is 1. The van der Waals surface area contributed by atoms with E-state index < -0.39 is 0 Å². The van der Waals surface area contributed by atoms with Gasteiger partial charge in [0.1, 0.15) is 0 Å². The lowest BCUT2D eigenvalue weighted by molar-refractivity contribution is -0.139. The van der Waals surface area contributed by atoms with Crippen molar-refractivity contribution in [3.63, 3.8) is 0 Å². The molecule has 1 aliphatic carbocycles. The van der Waals surface area contributed by atoms with Gasteiger partial charge < -0.3 is 5.32 Å². The van der Waals surface area contributed by atoms with Crippen LogP contribution in [0.5, 0.6) is 0 Å². The van der Waals surface area contributed by atoms with Crippen molar-refractivity contribution in [2.24, 2.45) is 5.92 Å². The Labute approximate surface area is 176 Å². The van der Waals surface area contributed by atoms with Crippen LogP contribution in [0.2, 0.25) is 5.02 Å². The van der Waals surface area contributed by atoms with Gasteiger partial charge in [-0.3, -0.25) is 14.8 Å². The second kappa shape index (κ2) is 8.10. The van der Waals surface area contributed by atoms with Crippen molar-refractivity contribution < 1.29 is 4.79 Å². The molecule has 0 bridgehead atoms. The number of amides is 1. The molecule has 2 aromatic carbocycles. The highest BCUT2D eigenvalue weighted by Crippen LogP contribution is 2.30. The number of anilines is 1. The summed E-state index contributed by atoms with van der Waals surface area (Å²) in [6.07, 6.45) is 3.44. The molecule has 1 amide bonds. The Morgan fingerprint density at radius 3 is 2.50 bits per heavy atom. The summed E-state index contributed by atoms with van der Waals surface area (Å²) < 4.78 is 0. The molecule has 0 saturated carbocycles. The first-order valence-corrected chi connectivity index (χ1v) is 10.5. The third-order valence-corrected chi connectivity index (χ3v) is 6.14. The number of carbonyl (C=O) groups excluding carboxylic acids is 1. The van der Waals surface area contributed by atoms with Crippen LogP contribution in [0.1, 0.15) is 29.5 Å². The maximum atomic E-state index is 13.0. The highest BCUT2D eigenvalue weighted by molar-refractivity contribution is 7.80. The van der Waals surface area contributed by atoms with Crippen molar-refractivity contribution >= 4 is 40.5 Å². The Balaban J connectivity index is 1.39. The fraction of sp³-hybridized carbons (Fsp3) is 0.364. The topological polar surface area (TPSA) is 35.6 Å². The largest absolute Gasteiger partial charge is 0.330 e. The van der Waals surface area contributed by atoms with E-state index in [2.05, 4.69) is 29.6 Å². The molecule has 0 spiro atoms. The molecule has 4 nitrogen and oxygen atoms in total. The average Bonchev–Trinajstić information content (AvgIpc) is 3.30. The normalized spacial score (nSPS) is 16.4. The van der Waals surface area contributed by atoms with Gasteiger partial charge in [0.05, 0.1) is 10.7 Å². The lowest BCUT2D eigenvalue weighted by Gasteiger charge is -2.31. The first-order valence-electron chi connectivity index (χ1n) is 9.73. The number of nitrogens with zero attached hydrogens (tertiary/aromatic N) is 2. The standard InChI is InChI=1S/C22H24ClN3OS/c1-15-7-8-20(19(23)11-15)24-22(28)26-10-4-9-25(26)21(27)14-16-12-17-5-2-3-6-18(17)13-16/h2-3,5-8,11,16H,4,9-10,12-14H2,1H3,(H,24,28). The van der Waals surface area contributed by atoms with Gasteiger partial charge in [-0.2, -0.15) is 0 Å². The minimum Gasteiger partial charge on any atom is -0.330 e. The zero-order valence-corrected chi connectivity index (χ0v) is 17.5. The SMILES string of the molecule is Cc1ccc(NC(=S)N2CCCN2C(=O)CC2Cc3ccccc3C2)c(Cl)c1. The van der Waals surface area contributed by atoms with E-state index in [1.54, 1.807) is 5.01 Å². The van der Waals surface area contributed by atoms with Gasteiger partial charge in [-0.1, -0.05) is 41.9 Å². The van der Waals surface area contributed by atoms with E-state index in [4.69, 9.17) is 23.8 Å². The van der Waals surface area contributed by atoms with E-state index in [9.17, 15) is 4.79 Å². The molecule has 146 valence electrons. The molecule has 2 aliphatic rings.